The third kappa shape index (κ3) is 2.31. The summed E-state index contributed by atoms with van der Waals surface area (Å²) in [4.78, 5) is 27.1. The molecule has 0 bridgehead atoms. The lowest BCUT2D eigenvalue weighted by Crippen LogP contribution is -2.53. The first kappa shape index (κ1) is 13.2. The van der Waals surface area contributed by atoms with Crippen LogP contribution in [0.5, 0.6) is 0 Å². The van der Waals surface area contributed by atoms with Crippen molar-refractivity contribution in [2.45, 2.75) is 51.6 Å². The summed E-state index contributed by atoms with van der Waals surface area (Å²) < 4.78 is 0. The summed E-state index contributed by atoms with van der Waals surface area (Å²) in [5.74, 6) is -0.829. The van der Waals surface area contributed by atoms with E-state index in [-0.39, 0.29) is 18.0 Å². The summed E-state index contributed by atoms with van der Waals surface area (Å²) in [6.07, 6.45) is 3.98. The average molecular weight is 254 g/mol. The number of hydrogen-bond donors (Lipinski definition) is 1. The van der Waals surface area contributed by atoms with Crippen LogP contribution in [0.25, 0.3) is 0 Å². The Morgan fingerprint density at radius 2 is 1.78 bits per heavy atom. The van der Waals surface area contributed by atoms with Gasteiger partial charge in [-0.2, -0.15) is 0 Å². The van der Waals surface area contributed by atoms with Crippen molar-refractivity contribution in [2.75, 3.05) is 13.1 Å². The molecule has 5 nitrogen and oxygen atoms in total. The quantitative estimate of drug-likeness (QED) is 0.776. The number of likely N-dealkylation sites (tertiary alicyclic amines) is 2. The minimum absolute atomic E-state index is 0.0477. The van der Waals surface area contributed by atoms with Gasteiger partial charge in [0.15, 0.2) is 0 Å². The minimum atomic E-state index is -0.877. The van der Waals surface area contributed by atoms with Gasteiger partial charge in [-0.1, -0.05) is 6.92 Å². The molecule has 2 amide bonds. The molecule has 0 spiro atoms. The minimum Gasteiger partial charge on any atom is -0.480 e. The molecule has 0 aromatic carbocycles. The zero-order valence-electron chi connectivity index (χ0n) is 11.1. The summed E-state index contributed by atoms with van der Waals surface area (Å²) in [6.45, 7) is 5.29. The Kier molecular flexibility index (Phi) is 3.78. The summed E-state index contributed by atoms with van der Waals surface area (Å²) in [5, 5.41) is 9.25. The number of carboxylic acids is 1. The number of carboxylic acid groups (broad SMARTS) is 1. The van der Waals surface area contributed by atoms with Crippen LogP contribution in [0.4, 0.5) is 4.79 Å². The van der Waals surface area contributed by atoms with Crippen LogP contribution in [-0.4, -0.2) is 52.1 Å². The number of amides is 2. The third-order valence-electron chi connectivity index (χ3n) is 4.25. The fourth-order valence-electron chi connectivity index (χ4n) is 3.09. The SMILES string of the molecule is CC1CCN(C(=O)N2CCCCC2C)C1C(=O)O. The van der Waals surface area contributed by atoms with E-state index in [1.807, 2.05) is 18.7 Å². The molecule has 3 atom stereocenters. The molecule has 2 aliphatic heterocycles. The monoisotopic (exact) mass is 254 g/mol. The molecule has 2 saturated heterocycles. The van der Waals surface area contributed by atoms with Gasteiger partial charge in [0.1, 0.15) is 6.04 Å². The second-order valence-electron chi connectivity index (χ2n) is 5.56. The fraction of sp³-hybridized carbons (Fsp3) is 0.846. The first-order valence-electron chi connectivity index (χ1n) is 6.82. The van der Waals surface area contributed by atoms with Crippen molar-refractivity contribution >= 4 is 12.0 Å². The van der Waals surface area contributed by atoms with Crippen molar-refractivity contribution in [2.24, 2.45) is 5.92 Å². The van der Waals surface area contributed by atoms with E-state index in [0.29, 0.717) is 6.54 Å². The first-order valence-corrected chi connectivity index (χ1v) is 6.82. The van der Waals surface area contributed by atoms with Crippen molar-refractivity contribution in [1.29, 1.82) is 0 Å². The van der Waals surface area contributed by atoms with Gasteiger partial charge in [-0.3, -0.25) is 0 Å². The normalized spacial score (nSPS) is 32.7. The van der Waals surface area contributed by atoms with Crippen LogP contribution in [-0.2, 0) is 4.79 Å². The van der Waals surface area contributed by atoms with Crippen LogP contribution in [0.2, 0.25) is 0 Å². The Hall–Kier alpha value is -1.26. The van der Waals surface area contributed by atoms with Crippen LogP contribution in [0, 0.1) is 5.92 Å². The molecule has 2 rings (SSSR count). The van der Waals surface area contributed by atoms with Crippen molar-refractivity contribution < 1.29 is 14.7 Å². The number of carbonyl (C=O) groups excluding carboxylic acids is 1. The Morgan fingerprint density at radius 1 is 1.06 bits per heavy atom. The molecule has 0 aromatic heterocycles. The largest absolute Gasteiger partial charge is 0.480 e. The number of carbonyl (C=O) groups is 2. The molecule has 0 radical (unpaired) electrons. The summed E-state index contributed by atoms with van der Waals surface area (Å²) >= 11 is 0. The second kappa shape index (κ2) is 5.16. The summed E-state index contributed by atoms with van der Waals surface area (Å²) in [7, 11) is 0. The molecular weight excluding hydrogens is 232 g/mol. The van der Waals surface area contributed by atoms with Gasteiger partial charge < -0.3 is 14.9 Å². The standard InChI is InChI=1S/C13H22N2O3/c1-9-6-8-15(11(9)12(16)17)13(18)14-7-4-3-5-10(14)2/h9-11H,3-8H2,1-2H3,(H,16,17). The smallest absolute Gasteiger partial charge is 0.326 e. The number of urea groups is 1. The van der Waals surface area contributed by atoms with Crippen LogP contribution >= 0.6 is 0 Å². The van der Waals surface area contributed by atoms with Crippen molar-refractivity contribution in [3.8, 4) is 0 Å². The first-order chi connectivity index (χ1) is 8.52. The molecule has 3 unspecified atom stereocenters. The van der Waals surface area contributed by atoms with Gasteiger partial charge in [-0.05, 0) is 38.5 Å². The molecule has 18 heavy (non-hydrogen) atoms. The van der Waals surface area contributed by atoms with E-state index in [4.69, 9.17) is 0 Å². The Labute approximate surface area is 108 Å². The van der Waals surface area contributed by atoms with E-state index < -0.39 is 12.0 Å². The third-order valence-corrected chi connectivity index (χ3v) is 4.25. The molecule has 102 valence electrons. The number of rotatable bonds is 1. The summed E-state index contributed by atoms with van der Waals surface area (Å²) in [6, 6.07) is -0.498. The van der Waals surface area contributed by atoms with Crippen molar-refractivity contribution in [3.63, 3.8) is 0 Å². The Balaban J connectivity index is 2.10. The van der Waals surface area contributed by atoms with Gasteiger partial charge in [0, 0.05) is 19.1 Å². The number of hydrogen-bond acceptors (Lipinski definition) is 2. The fourth-order valence-corrected chi connectivity index (χ4v) is 3.09. The molecule has 0 saturated carbocycles. The topological polar surface area (TPSA) is 60.9 Å². The van der Waals surface area contributed by atoms with Gasteiger partial charge in [-0.15, -0.1) is 0 Å². The van der Waals surface area contributed by atoms with E-state index in [0.717, 1.165) is 32.2 Å². The molecule has 1 N–H and O–H groups in total. The van der Waals surface area contributed by atoms with Crippen molar-refractivity contribution in [3.05, 3.63) is 0 Å². The van der Waals surface area contributed by atoms with Crippen LogP contribution < -0.4 is 0 Å². The lowest BCUT2D eigenvalue weighted by Gasteiger charge is -2.37. The predicted octanol–water partition coefficient (Wildman–Crippen LogP) is 1.78. The zero-order valence-corrected chi connectivity index (χ0v) is 11.1. The van der Waals surface area contributed by atoms with Gasteiger partial charge in [0.05, 0.1) is 0 Å². The van der Waals surface area contributed by atoms with E-state index >= 15 is 0 Å². The number of nitrogens with zero attached hydrogens (tertiary/aromatic N) is 2. The van der Waals surface area contributed by atoms with E-state index in [2.05, 4.69) is 0 Å². The average Bonchev–Trinajstić information content (AvgIpc) is 2.71. The van der Waals surface area contributed by atoms with E-state index in [1.165, 1.54) is 0 Å². The molecule has 2 heterocycles. The van der Waals surface area contributed by atoms with Crippen molar-refractivity contribution in [1.82, 2.24) is 9.80 Å². The van der Waals surface area contributed by atoms with E-state index in [9.17, 15) is 14.7 Å². The zero-order chi connectivity index (χ0) is 13.3. The number of piperidine rings is 1. The van der Waals surface area contributed by atoms with Gasteiger partial charge in [0.2, 0.25) is 0 Å². The highest BCUT2D eigenvalue weighted by Gasteiger charge is 2.42. The molecule has 2 aliphatic rings. The maximum absolute atomic E-state index is 12.5. The maximum atomic E-state index is 12.5. The molecule has 2 fully saturated rings. The number of aliphatic carboxylic acids is 1. The van der Waals surface area contributed by atoms with Gasteiger partial charge in [0.25, 0.3) is 0 Å². The van der Waals surface area contributed by atoms with Crippen LogP contribution in [0.15, 0.2) is 0 Å². The second-order valence-corrected chi connectivity index (χ2v) is 5.56. The molecule has 5 heteroatoms. The molecule has 0 aromatic rings. The van der Waals surface area contributed by atoms with Gasteiger partial charge >= 0.3 is 12.0 Å². The summed E-state index contributed by atoms with van der Waals surface area (Å²) in [5.41, 5.74) is 0. The van der Waals surface area contributed by atoms with Crippen LogP contribution in [0.1, 0.15) is 39.5 Å². The predicted molar refractivity (Wildman–Crippen MR) is 67.3 cm³/mol. The van der Waals surface area contributed by atoms with Crippen LogP contribution in [0.3, 0.4) is 0 Å². The van der Waals surface area contributed by atoms with E-state index in [1.54, 1.807) is 4.90 Å². The highest BCUT2D eigenvalue weighted by atomic mass is 16.4. The lowest BCUT2D eigenvalue weighted by molar-refractivity contribution is -0.142. The lowest BCUT2D eigenvalue weighted by atomic mass is 10.0. The molecule has 0 aliphatic carbocycles. The highest BCUT2D eigenvalue weighted by Crippen LogP contribution is 2.27. The highest BCUT2D eigenvalue weighted by molar-refractivity contribution is 5.83. The maximum Gasteiger partial charge on any atom is 0.326 e. The Morgan fingerprint density at radius 3 is 2.39 bits per heavy atom. The van der Waals surface area contributed by atoms with Gasteiger partial charge in [-0.25, -0.2) is 9.59 Å². The Bertz CT molecular complexity index is 345. The molecular formula is C13H22N2O3.